The second-order valence-electron chi connectivity index (χ2n) is 8.43. The van der Waals surface area contributed by atoms with Crippen molar-refractivity contribution in [3.8, 4) is 16.9 Å². The smallest absolute Gasteiger partial charge is 0.125 e. The third kappa shape index (κ3) is 5.06. The molecule has 0 unspecified atom stereocenters. The fraction of sp³-hybridized carbons (Fsp3) is 0.379. The van der Waals surface area contributed by atoms with Crippen LogP contribution in [-0.2, 0) is 25.2 Å². The Morgan fingerprint density at radius 3 is 2.38 bits per heavy atom. The van der Waals surface area contributed by atoms with Crippen molar-refractivity contribution in [1.82, 2.24) is 0 Å². The van der Waals surface area contributed by atoms with Crippen LogP contribution in [-0.4, -0.2) is 10.2 Å². The first-order valence-corrected chi connectivity index (χ1v) is 11.6. The van der Waals surface area contributed by atoms with Crippen LogP contribution in [0.5, 0.6) is 5.75 Å². The van der Waals surface area contributed by atoms with Gasteiger partial charge in [0.1, 0.15) is 12.4 Å². The minimum Gasteiger partial charge on any atom is -0.488 e. The molecule has 32 heavy (non-hydrogen) atoms. The van der Waals surface area contributed by atoms with Crippen molar-refractivity contribution in [3.05, 3.63) is 88.5 Å². The highest BCUT2D eigenvalue weighted by Gasteiger charge is 2.29. The van der Waals surface area contributed by atoms with Crippen LogP contribution in [0, 0.1) is 13.0 Å². The first-order chi connectivity index (χ1) is 15.5. The van der Waals surface area contributed by atoms with E-state index in [0.29, 0.717) is 30.8 Å². The van der Waals surface area contributed by atoms with Gasteiger partial charge in [0.25, 0.3) is 0 Å². The molecule has 0 aliphatic heterocycles. The zero-order valence-corrected chi connectivity index (χ0v) is 19.7. The molecule has 0 bridgehead atoms. The molecule has 3 heteroatoms. The quantitative estimate of drug-likeness (QED) is 0.385. The third-order valence-corrected chi connectivity index (χ3v) is 6.39. The van der Waals surface area contributed by atoms with E-state index in [1.807, 2.05) is 26.0 Å². The van der Waals surface area contributed by atoms with Crippen molar-refractivity contribution in [1.29, 1.82) is 0 Å². The Kier molecular flexibility index (Phi) is 8.11. The van der Waals surface area contributed by atoms with Gasteiger partial charge in [0.05, 0.1) is 12.2 Å². The molecule has 2 N–H and O–H groups in total. The highest BCUT2D eigenvalue weighted by atomic mass is 16.5. The molecule has 0 amide bonds. The van der Waals surface area contributed by atoms with Gasteiger partial charge in [-0.2, -0.15) is 0 Å². The number of hydrogen-bond donors (Lipinski definition) is 2. The summed E-state index contributed by atoms with van der Waals surface area (Å²) < 4.78 is 6.15. The molecule has 0 fully saturated rings. The van der Waals surface area contributed by atoms with Crippen molar-refractivity contribution >= 4 is 0 Å². The number of aliphatic hydroxyl groups excluding tert-OH is 1. The Morgan fingerprint density at radius 2 is 1.69 bits per heavy atom. The van der Waals surface area contributed by atoms with Crippen LogP contribution in [0.2, 0.25) is 0 Å². The zero-order valence-electron chi connectivity index (χ0n) is 19.7. The molecule has 0 atom stereocenters. The molecule has 3 nitrogen and oxygen atoms in total. The van der Waals surface area contributed by atoms with Gasteiger partial charge in [-0.25, -0.2) is 0 Å². The van der Waals surface area contributed by atoms with E-state index in [0.717, 1.165) is 29.5 Å². The lowest BCUT2D eigenvalue weighted by molar-refractivity contribution is 0.0265. The van der Waals surface area contributed by atoms with Crippen molar-refractivity contribution in [2.45, 2.75) is 72.2 Å². The number of aliphatic hydroxyl groups is 2. The lowest BCUT2D eigenvalue weighted by atomic mass is 9.82. The van der Waals surface area contributed by atoms with E-state index in [1.165, 1.54) is 16.7 Å². The maximum atomic E-state index is 11.4. The van der Waals surface area contributed by atoms with Gasteiger partial charge in [-0.1, -0.05) is 69.7 Å². The van der Waals surface area contributed by atoms with Gasteiger partial charge in [0.2, 0.25) is 0 Å². The monoisotopic (exact) mass is 431 g/mol. The SMILES string of the molecule is CCCc1ccccc1-c1cc(COc2ccc[c]c2CO)c(C(O)(CC)CC)cc1C. The van der Waals surface area contributed by atoms with Crippen LogP contribution in [0.1, 0.15) is 67.9 Å². The summed E-state index contributed by atoms with van der Waals surface area (Å²) in [7, 11) is 0. The molecule has 3 rings (SSSR count). The van der Waals surface area contributed by atoms with Crippen LogP contribution in [0.15, 0.2) is 54.6 Å². The van der Waals surface area contributed by atoms with Gasteiger partial charge < -0.3 is 14.9 Å². The van der Waals surface area contributed by atoms with Crippen LogP contribution in [0.4, 0.5) is 0 Å². The van der Waals surface area contributed by atoms with Gasteiger partial charge >= 0.3 is 0 Å². The number of aryl methyl sites for hydroxylation is 2. The van der Waals surface area contributed by atoms with E-state index < -0.39 is 5.60 Å². The van der Waals surface area contributed by atoms with Crippen LogP contribution < -0.4 is 4.74 Å². The lowest BCUT2D eigenvalue weighted by Gasteiger charge is -2.30. The van der Waals surface area contributed by atoms with E-state index >= 15 is 0 Å². The summed E-state index contributed by atoms with van der Waals surface area (Å²) in [5.41, 5.74) is 6.51. The lowest BCUT2D eigenvalue weighted by Crippen LogP contribution is -2.26. The Bertz CT molecular complexity index is 1030. The van der Waals surface area contributed by atoms with Gasteiger partial charge in [-0.3, -0.25) is 0 Å². The normalized spacial score (nSPS) is 11.6. The summed E-state index contributed by atoms with van der Waals surface area (Å²) in [4.78, 5) is 0. The summed E-state index contributed by atoms with van der Waals surface area (Å²) in [5.74, 6) is 0.617. The fourth-order valence-electron chi connectivity index (χ4n) is 4.37. The third-order valence-electron chi connectivity index (χ3n) is 6.39. The Labute approximate surface area is 192 Å². The van der Waals surface area contributed by atoms with Crippen LogP contribution in [0.25, 0.3) is 11.1 Å². The first kappa shape index (κ1) is 24.0. The fourth-order valence-corrected chi connectivity index (χ4v) is 4.37. The molecule has 0 saturated heterocycles. The highest BCUT2D eigenvalue weighted by molar-refractivity contribution is 5.72. The van der Waals surface area contributed by atoms with E-state index in [-0.39, 0.29) is 6.61 Å². The first-order valence-electron chi connectivity index (χ1n) is 11.6. The number of hydrogen-bond acceptors (Lipinski definition) is 3. The van der Waals surface area contributed by atoms with E-state index in [4.69, 9.17) is 4.74 Å². The molecule has 0 saturated carbocycles. The standard InChI is InChI=1S/C29H35O3/c1-5-12-22-13-8-10-15-25(22)26-18-24(20-32-28-16-11-9-14-23(28)19-30)27(17-21(26)4)29(31,6-2)7-3/h8-11,13,15-18,30-31H,5-7,12,19-20H2,1-4H3. The average Bonchev–Trinajstić information content (AvgIpc) is 2.83. The number of benzene rings is 3. The van der Waals surface area contributed by atoms with Crippen molar-refractivity contribution in [2.75, 3.05) is 0 Å². The molecule has 0 spiro atoms. The summed E-state index contributed by atoms with van der Waals surface area (Å²) in [5, 5.41) is 21.0. The molecule has 0 aliphatic carbocycles. The van der Waals surface area contributed by atoms with Crippen LogP contribution in [0.3, 0.4) is 0 Å². The van der Waals surface area contributed by atoms with E-state index in [1.54, 1.807) is 6.07 Å². The molecule has 0 aromatic heterocycles. The second kappa shape index (κ2) is 10.8. The van der Waals surface area contributed by atoms with Gasteiger partial charge in [0.15, 0.2) is 0 Å². The number of rotatable bonds is 10. The van der Waals surface area contributed by atoms with Crippen molar-refractivity contribution in [2.24, 2.45) is 0 Å². The summed E-state index contributed by atoms with van der Waals surface area (Å²) >= 11 is 0. The van der Waals surface area contributed by atoms with Gasteiger partial charge in [-0.05, 0) is 77.8 Å². The molecule has 0 heterocycles. The van der Waals surface area contributed by atoms with E-state index in [9.17, 15) is 10.2 Å². The molecular formula is C29H35O3. The Balaban J connectivity index is 2.11. The Hall–Kier alpha value is -2.62. The van der Waals surface area contributed by atoms with Crippen molar-refractivity contribution < 1.29 is 14.9 Å². The van der Waals surface area contributed by atoms with Crippen molar-refractivity contribution in [3.63, 3.8) is 0 Å². The molecule has 169 valence electrons. The maximum Gasteiger partial charge on any atom is 0.125 e. The van der Waals surface area contributed by atoms with Gasteiger partial charge in [0, 0.05) is 5.56 Å². The topological polar surface area (TPSA) is 49.7 Å². The molecule has 0 aliphatic rings. The predicted octanol–water partition coefficient (Wildman–Crippen LogP) is 6.49. The minimum atomic E-state index is -0.909. The maximum absolute atomic E-state index is 11.4. The predicted molar refractivity (Wildman–Crippen MR) is 131 cm³/mol. The highest BCUT2D eigenvalue weighted by Crippen LogP contribution is 2.37. The zero-order chi connectivity index (χ0) is 23.1. The molecule has 3 aromatic rings. The van der Waals surface area contributed by atoms with Gasteiger partial charge in [-0.15, -0.1) is 0 Å². The molecule has 3 aromatic carbocycles. The minimum absolute atomic E-state index is 0.125. The number of ether oxygens (including phenoxy) is 1. The second-order valence-corrected chi connectivity index (χ2v) is 8.43. The average molecular weight is 432 g/mol. The summed E-state index contributed by atoms with van der Waals surface area (Å²) in [6.07, 6.45) is 3.37. The largest absolute Gasteiger partial charge is 0.488 e. The molecular weight excluding hydrogens is 396 g/mol. The molecule has 1 radical (unpaired) electrons. The summed E-state index contributed by atoms with van der Waals surface area (Å²) in [6.45, 7) is 8.54. The van der Waals surface area contributed by atoms with E-state index in [2.05, 4.69) is 56.3 Å². The summed E-state index contributed by atoms with van der Waals surface area (Å²) in [6, 6.07) is 21.4. The Morgan fingerprint density at radius 1 is 0.938 bits per heavy atom. The van der Waals surface area contributed by atoms with Crippen LogP contribution >= 0.6 is 0 Å².